The monoisotopic (exact) mass is 763 g/mol. The van der Waals surface area contributed by atoms with E-state index in [-0.39, 0.29) is 16.7 Å². The zero-order valence-electron chi connectivity index (χ0n) is 43.7. The fourth-order valence-corrected chi connectivity index (χ4v) is 7.21. The van der Waals surface area contributed by atoms with Crippen molar-refractivity contribution in [2.45, 2.75) is 0 Å². The van der Waals surface area contributed by atoms with Crippen molar-refractivity contribution < 1.29 is 16.4 Å². The smallest absolute Gasteiger partial charge is 0.0645 e. The van der Waals surface area contributed by atoms with Gasteiger partial charge in [0.1, 0.15) is 0 Å². The van der Waals surface area contributed by atoms with Gasteiger partial charge in [-0.15, -0.1) is 0 Å². The molecule has 0 heterocycles. The number of hydrogen-bond donors (Lipinski definition) is 0. The van der Waals surface area contributed by atoms with Gasteiger partial charge in [0, 0.05) is 17.1 Å². The van der Waals surface area contributed by atoms with Crippen LogP contribution in [0, 0.1) is 0 Å². The van der Waals surface area contributed by atoms with Gasteiger partial charge in [-0.25, -0.2) is 0 Å². The number of fused-ring (bicyclic) bond motifs is 1. The maximum atomic E-state index is 9.66. The molecular weight excluding hydrogens is 711 g/mol. The topological polar surface area (TPSA) is 3.24 Å². The van der Waals surface area contributed by atoms with Crippen molar-refractivity contribution in [1.29, 1.82) is 0 Å². The van der Waals surface area contributed by atoms with Crippen LogP contribution in [0.2, 0.25) is 0 Å². The third-order valence-corrected chi connectivity index (χ3v) is 10.3. The molecule has 0 aliphatic carbocycles. The van der Waals surface area contributed by atoms with Crippen LogP contribution in [0.1, 0.15) is 16.4 Å². The van der Waals surface area contributed by atoms with E-state index in [1.165, 1.54) is 0 Å². The first kappa shape index (κ1) is 24.8. The molecular formula is C58H41N. The summed E-state index contributed by atoms with van der Waals surface area (Å²) in [5, 5.41) is 2.06. The Kier molecular flexibility index (Phi) is 6.73. The average Bonchev–Trinajstić information content (AvgIpc) is 3.40. The van der Waals surface area contributed by atoms with Crippen LogP contribution in [0.4, 0.5) is 17.1 Å². The van der Waals surface area contributed by atoms with Crippen LogP contribution in [-0.4, -0.2) is 0 Å². The average molecular weight is 764 g/mol. The van der Waals surface area contributed by atoms with E-state index in [0.29, 0.717) is 16.7 Å². The molecule has 0 radical (unpaired) electrons. The lowest BCUT2D eigenvalue weighted by atomic mass is 9.97. The van der Waals surface area contributed by atoms with Gasteiger partial charge < -0.3 is 4.90 Å². The van der Waals surface area contributed by atoms with Gasteiger partial charge in [0.05, 0.1) is 16.4 Å². The Labute approximate surface area is 363 Å². The van der Waals surface area contributed by atoms with E-state index in [2.05, 4.69) is 0 Å². The Morgan fingerprint density at radius 2 is 0.525 bits per heavy atom. The van der Waals surface area contributed by atoms with E-state index in [9.17, 15) is 16.4 Å². The van der Waals surface area contributed by atoms with Crippen LogP contribution in [0.3, 0.4) is 0 Å². The molecule has 0 saturated carbocycles. The van der Waals surface area contributed by atoms with E-state index in [0.717, 1.165) is 49.1 Å². The van der Waals surface area contributed by atoms with Crippen LogP contribution < -0.4 is 4.90 Å². The summed E-state index contributed by atoms with van der Waals surface area (Å²) < 4.78 is 115. The molecule has 1 heteroatoms. The molecule has 0 aromatic heterocycles. The number of nitrogens with zero attached hydrogens (tertiary/aromatic N) is 1. The zero-order chi connectivity index (χ0) is 49.8. The van der Waals surface area contributed by atoms with Crippen LogP contribution in [-0.2, 0) is 0 Å². The van der Waals surface area contributed by atoms with Gasteiger partial charge in [0.15, 0.2) is 0 Å². The Hall–Kier alpha value is -7.74. The van der Waals surface area contributed by atoms with Crippen molar-refractivity contribution in [3.63, 3.8) is 0 Å². The van der Waals surface area contributed by atoms with Crippen LogP contribution in [0.5, 0.6) is 0 Å². The summed E-state index contributed by atoms with van der Waals surface area (Å²) in [6.07, 6.45) is 0. The minimum atomic E-state index is -0.676. The van der Waals surface area contributed by atoms with E-state index in [1.54, 1.807) is 54.6 Å². The molecule has 0 saturated heterocycles. The lowest BCUT2D eigenvalue weighted by Gasteiger charge is -2.26. The molecule has 0 bridgehead atoms. The highest BCUT2D eigenvalue weighted by Crippen LogP contribution is 2.39. The van der Waals surface area contributed by atoms with Crippen LogP contribution in [0.15, 0.2) is 248 Å². The minimum absolute atomic E-state index is 0.0594. The maximum absolute atomic E-state index is 9.66. The normalized spacial score (nSPS) is 13.9. The SMILES string of the molecule is [2H]c1c([2H])c(N(c2c([2H])c([2H])c(-c3cccc(-c4ccccc4)c3)c([2H])c2[2H])c2c([2H])c([2H])c(-c3cccc(-c4ccc5ccccc5c4)c3)c([2H])c2[2H])c([2H])c([2H])c1-c1cccc(-c2ccccc2)c1. The van der Waals surface area contributed by atoms with E-state index in [1.807, 2.05) is 121 Å². The summed E-state index contributed by atoms with van der Waals surface area (Å²) >= 11 is 0. The molecule has 10 aromatic carbocycles. The van der Waals surface area contributed by atoms with Crippen molar-refractivity contribution in [2.75, 3.05) is 4.90 Å². The van der Waals surface area contributed by atoms with Gasteiger partial charge in [0.2, 0.25) is 0 Å². The molecule has 0 aliphatic heterocycles. The fraction of sp³-hybridized carbons (Fsp3) is 0. The predicted octanol–water partition coefficient (Wildman–Crippen LogP) is 16.3. The Bertz CT molecular complexity index is 3510. The molecule has 10 aromatic rings. The van der Waals surface area contributed by atoms with Gasteiger partial charge in [-0.05, 0) is 138 Å². The molecule has 0 spiro atoms. The molecule has 0 atom stereocenters. The Balaban J connectivity index is 1.20. The van der Waals surface area contributed by atoms with Crippen molar-refractivity contribution in [3.8, 4) is 66.8 Å². The number of anilines is 3. The van der Waals surface area contributed by atoms with Crippen molar-refractivity contribution in [2.24, 2.45) is 0 Å². The number of benzene rings is 10. The summed E-state index contributed by atoms with van der Waals surface area (Å²) in [6, 6.07) is 46.8. The highest BCUT2D eigenvalue weighted by atomic mass is 15.1. The van der Waals surface area contributed by atoms with E-state index >= 15 is 0 Å². The van der Waals surface area contributed by atoms with Crippen molar-refractivity contribution in [3.05, 3.63) is 248 Å². The number of rotatable bonds is 9. The maximum Gasteiger partial charge on any atom is 0.0645 e. The lowest BCUT2D eigenvalue weighted by Crippen LogP contribution is -2.09. The third-order valence-electron chi connectivity index (χ3n) is 10.3. The molecule has 0 unspecified atom stereocenters. The van der Waals surface area contributed by atoms with Crippen molar-refractivity contribution >= 4 is 27.8 Å². The molecule has 0 aliphatic rings. The second kappa shape index (κ2) is 16.0. The number of hydrogen-bond acceptors (Lipinski definition) is 1. The summed E-state index contributed by atoms with van der Waals surface area (Å²) in [6.45, 7) is 0. The second-order valence-corrected chi connectivity index (χ2v) is 14.0. The van der Waals surface area contributed by atoms with Crippen LogP contribution in [0.25, 0.3) is 77.5 Å². The summed E-state index contributed by atoms with van der Waals surface area (Å²) in [4.78, 5) is 0.853. The largest absolute Gasteiger partial charge is 0.311 e. The van der Waals surface area contributed by atoms with E-state index in [4.69, 9.17) is 0 Å². The Morgan fingerprint density at radius 1 is 0.220 bits per heavy atom. The van der Waals surface area contributed by atoms with Gasteiger partial charge in [-0.1, -0.05) is 188 Å². The standard InChI is InChI=1S/C58H41N/c1-3-12-42(13-4-1)49-18-9-20-51(38-49)45-26-32-56(33-27-45)59(57-34-28-46(29-35-57)52-21-10-19-50(39-52)43-14-5-2-6-15-43)58-36-30-47(31-37-58)53-22-11-23-54(40-53)55-25-24-44-16-7-8-17-48(44)41-55/h1-41H/i26D,27D,28D,29D,30D,31D,32D,33D,34D,35D,36D,37D. The van der Waals surface area contributed by atoms with E-state index < -0.39 is 89.6 Å². The van der Waals surface area contributed by atoms with Gasteiger partial charge in [-0.3, -0.25) is 0 Å². The van der Waals surface area contributed by atoms with Gasteiger partial charge >= 0.3 is 0 Å². The molecule has 0 fully saturated rings. The highest BCUT2D eigenvalue weighted by Gasteiger charge is 2.15. The molecule has 59 heavy (non-hydrogen) atoms. The van der Waals surface area contributed by atoms with Crippen LogP contribution >= 0.6 is 0 Å². The highest BCUT2D eigenvalue weighted by molar-refractivity contribution is 5.88. The Morgan fingerprint density at radius 3 is 0.932 bits per heavy atom. The van der Waals surface area contributed by atoms with Gasteiger partial charge in [-0.2, -0.15) is 0 Å². The first-order valence-electron chi connectivity index (χ1n) is 25.3. The first-order valence-corrected chi connectivity index (χ1v) is 19.3. The van der Waals surface area contributed by atoms with Gasteiger partial charge in [0.25, 0.3) is 0 Å². The lowest BCUT2D eigenvalue weighted by molar-refractivity contribution is 1.28. The zero-order valence-corrected chi connectivity index (χ0v) is 31.7. The fourth-order valence-electron chi connectivity index (χ4n) is 7.21. The molecule has 10 rings (SSSR count). The second-order valence-electron chi connectivity index (χ2n) is 14.0. The summed E-state index contributed by atoms with van der Waals surface area (Å²) in [7, 11) is 0. The predicted molar refractivity (Wildman–Crippen MR) is 251 cm³/mol. The molecule has 0 amide bonds. The molecule has 1 nitrogen and oxygen atoms in total. The minimum Gasteiger partial charge on any atom is -0.311 e. The van der Waals surface area contributed by atoms with Crippen molar-refractivity contribution in [1.82, 2.24) is 0 Å². The third kappa shape index (κ3) is 7.58. The molecule has 278 valence electrons. The summed E-state index contributed by atoms with van der Waals surface area (Å²) in [5.74, 6) is 0. The first-order chi connectivity index (χ1) is 34.2. The summed E-state index contributed by atoms with van der Waals surface area (Å²) in [5.41, 5.74) is 4.01. The quantitative estimate of drug-likeness (QED) is 0.142. The molecule has 0 N–H and O–H groups in total.